The molecule has 3 aliphatic rings. The lowest BCUT2D eigenvalue weighted by atomic mass is 9.77. The summed E-state index contributed by atoms with van der Waals surface area (Å²) < 4.78 is 29.9. The van der Waals surface area contributed by atoms with Crippen molar-refractivity contribution in [2.45, 2.75) is 63.3 Å². The molecule has 2 aliphatic heterocycles. The number of nitrogens with zero attached hydrogens (tertiary/aromatic N) is 2. The Kier molecular flexibility index (Phi) is 6.62. The van der Waals surface area contributed by atoms with Gasteiger partial charge in [0.25, 0.3) is 5.92 Å². The smallest absolute Gasteiger partial charge is 0.317 e. The van der Waals surface area contributed by atoms with Gasteiger partial charge in [-0.25, -0.2) is 13.6 Å². The Hall–Kier alpha value is -3.35. The number of halogens is 2. The second-order valence-electron chi connectivity index (χ2n) is 10.1. The Labute approximate surface area is 202 Å². The van der Waals surface area contributed by atoms with Crippen LogP contribution in [0.4, 0.5) is 13.6 Å². The molecule has 1 saturated carbocycles. The third-order valence-electron chi connectivity index (χ3n) is 7.34. The second-order valence-corrected chi connectivity index (χ2v) is 10.1. The summed E-state index contributed by atoms with van der Waals surface area (Å²) in [5.41, 5.74) is -1.25. The number of imide groups is 1. The van der Waals surface area contributed by atoms with Gasteiger partial charge in [0.1, 0.15) is 0 Å². The molecule has 35 heavy (non-hydrogen) atoms. The van der Waals surface area contributed by atoms with E-state index in [2.05, 4.69) is 16.7 Å². The molecule has 0 aromatic heterocycles. The lowest BCUT2D eigenvalue weighted by molar-refractivity contribution is -0.130. The number of ketones is 1. The fourth-order valence-electron chi connectivity index (χ4n) is 4.92. The average molecular weight is 487 g/mol. The predicted octanol–water partition coefficient (Wildman–Crippen LogP) is 2.72. The normalized spacial score (nSPS) is 21.2. The highest BCUT2D eigenvalue weighted by Crippen LogP contribution is 2.48. The number of alkyl halides is 2. The van der Waals surface area contributed by atoms with E-state index in [0.717, 1.165) is 0 Å². The molecule has 2 saturated heterocycles. The van der Waals surface area contributed by atoms with Gasteiger partial charge < -0.3 is 10.2 Å². The molecule has 1 atom stereocenters. The first-order chi connectivity index (χ1) is 16.6. The summed E-state index contributed by atoms with van der Waals surface area (Å²) in [4.78, 5) is 51.1. The number of nitriles is 1. The summed E-state index contributed by atoms with van der Waals surface area (Å²) in [7, 11) is 0. The van der Waals surface area contributed by atoms with Crippen LogP contribution < -0.4 is 10.6 Å². The maximum atomic E-state index is 15.0. The Morgan fingerprint density at radius 2 is 1.80 bits per heavy atom. The van der Waals surface area contributed by atoms with E-state index >= 15 is 0 Å². The van der Waals surface area contributed by atoms with Gasteiger partial charge in [-0.3, -0.25) is 19.7 Å². The molecule has 186 valence electrons. The van der Waals surface area contributed by atoms with Crippen LogP contribution >= 0.6 is 0 Å². The van der Waals surface area contributed by atoms with Gasteiger partial charge in [0.05, 0.1) is 22.9 Å². The average Bonchev–Trinajstić information content (AvgIpc) is 3.52. The molecule has 4 rings (SSSR count). The maximum Gasteiger partial charge on any atom is 0.317 e. The molecule has 1 aliphatic carbocycles. The van der Waals surface area contributed by atoms with E-state index in [9.17, 15) is 33.2 Å². The molecule has 10 heteroatoms. The third-order valence-corrected chi connectivity index (χ3v) is 7.34. The minimum atomic E-state index is -3.26. The molecule has 2 N–H and O–H groups in total. The van der Waals surface area contributed by atoms with Crippen molar-refractivity contribution in [1.29, 1.82) is 5.26 Å². The number of benzene rings is 1. The number of likely N-dealkylation sites (tertiary alicyclic amines) is 1. The van der Waals surface area contributed by atoms with Gasteiger partial charge in [0.2, 0.25) is 11.8 Å². The molecule has 4 amide bonds. The number of rotatable bonds is 8. The lowest BCUT2D eigenvalue weighted by Gasteiger charge is -2.37. The van der Waals surface area contributed by atoms with Gasteiger partial charge in [0.15, 0.2) is 5.78 Å². The quantitative estimate of drug-likeness (QED) is 0.548. The predicted molar refractivity (Wildman–Crippen MR) is 120 cm³/mol. The molecule has 2 heterocycles. The van der Waals surface area contributed by atoms with Crippen LogP contribution in [0.15, 0.2) is 30.3 Å². The van der Waals surface area contributed by atoms with Crippen molar-refractivity contribution in [3.63, 3.8) is 0 Å². The number of carbonyl (C=O) groups is 4. The van der Waals surface area contributed by atoms with Gasteiger partial charge in [0, 0.05) is 38.8 Å². The van der Waals surface area contributed by atoms with Crippen LogP contribution in [-0.2, 0) is 20.8 Å². The number of hydrogen-bond acceptors (Lipinski definition) is 5. The van der Waals surface area contributed by atoms with Crippen molar-refractivity contribution in [3.8, 4) is 6.07 Å². The molecule has 0 unspecified atom stereocenters. The van der Waals surface area contributed by atoms with Crippen molar-refractivity contribution in [2.75, 3.05) is 13.1 Å². The summed E-state index contributed by atoms with van der Waals surface area (Å²) in [5, 5.41) is 14.1. The van der Waals surface area contributed by atoms with Gasteiger partial charge in [-0.15, -0.1) is 0 Å². The SMILES string of the molecule is N#CC1(CC(=O)[C@H](CC(F)(F)Cc2ccccc2)NC(=O)N2CCC3(CC2)CC(=O)NC3=O)CC1. The van der Waals surface area contributed by atoms with Gasteiger partial charge in [-0.1, -0.05) is 30.3 Å². The van der Waals surface area contributed by atoms with Crippen LogP contribution in [0.3, 0.4) is 0 Å². The van der Waals surface area contributed by atoms with E-state index in [0.29, 0.717) is 18.4 Å². The molecule has 0 bridgehead atoms. The summed E-state index contributed by atoms with van der Waals surface area (Å²) >= 11 is 0. The molecule has 0 radical (unpaired) electrons. The third kappa shape index (κ3) is 5.66. The van der Waals surface area contributed by atoms with Crippen LogP contribution in [0.5, 0.6) is 0 Å². The standard InChI is InChI=1S/C25H28F2N4O4/c26-25(27,12-17-4-2-1-3-5-17)13-18(19(32)14-23(16-28)6-7-23)29-22(35)31-10-8-24(9-11-31)15-20(33)30-21(24)34/h1-5,18H,6-15H2,(H,29,35)(H,30,33,34)/t18-/m0/s1. The molecule has 1 spiro atoms. The van der Waals surface area contributed by atoms with Crippen molar-refractivity contribution in [1.82, 2.24) is 15.5 Å². The van der Waals surface area contributed by atoms with Gasteiger partial charge in [-0.2, -0.15) is 5.26 Å². The fourth-order valence-corrected chi connectivity index (χ4v) is 4.92. The lowest BCUT2D eigenvalue weighted by Crippen LogP contribution is -2.54. The summed E-state index contributed by atoms with van der Waals surface area (Å²) in [5.74, 6) is -4.53. The molecule has 1 aromatic carbocycles. The molecular weight excluding hydrogens is 458 g/mol. The van der Waals surface area contributed by atoms with Crippen LogP contribution in [0, 0.1) is 22.2 Å². The number of carbonyl (C=O) groups excluding carboxylic acids is 4. The van der Waals surface area contributed by atoms with Crippen LogP contribution in [0.25, 0.3) is 0 Å². The molecule has 1 aromatic rings. The van der Waals surface area contributed by atoms with Crippen molar-refractivity contribution in [2.24, 2.45) is 10.8 Å². The van der Waals surface area contributed by atoms with E-state index in [1.807, 2.05) is 0 Å². The van der Waals surface area contributed by atoms with E-state index in [-0.39, 0.29) is 50.6 Å². The maximum absolute atomic E-state index is 15.0. The van der Waals surface area contributed by atoms with Crippen molar-refractivity contribution >= 4 is 23.6 Å². The summed E-state index contributed by atoms with van der Waals surface area (Å²) in [6.07, 6.45) is 0.0633. The van der Waals surface area contributed by atoms with E-state index in [4.69, 9.17) is 0 Å². The Morgan fingerprint density at radius 1 is 1.14 bits per heavy atom. The van der Waals surface area contributed by atoms with Crippen molar-refractivity contribution < 1.29 is 28.0 Å². The van der Waals surface area contributed by atoms with E-state index in [1.165, 1.54) is 4.90 Å². The zero-order chi connectivity index (χ0) is 25.3. The summed E-state index contributed by atoms with van der Waals surface area (Å²) in [6, 6.07) is 8.16. The fraction of sp³-hybridized carbons (Fsp3) is 0.560. The zero-order valence-corrected chi connectivity index (χ0v) is 19.3. The molecular formula is C25H28F2N4O4. The first kappa shape index (κ1) is 24.8. The highest BCUT2D eigenvalue weighted by molar-refractivity contribution is 6.06. The highest BCUT2D eigenvalue weighted by atomic mass is 19.3. The minimum absolute atomic E-state index is 0.0738. The molecule has 3 fully saturated rings. The van der Waals surface area contributed by atoms with Crippen molar-refractivity contribution in [3.05, 3.63) is 35.9 Å². The van der Waals surface area contributed by atoms with Crippen LogP contribution in [0.2, 0.25) is 0 Å². The number of urea groups is 1. The Balaban J connectivity index is 1.42. The number of amides is 4. The number of hydrogen-bond donors (Lipinski definition) is 2. The highest BCUT2D eigenvalue weighted by Gasteiger charge is 2.50. The first-order valence-corrected chi connectivity index (χ1v) is 11.8. The van der Waals surface area contributed by atoms with E-state index < -0.39 is 47.5 Å². The van der Waals surface area contributed by atoms with Gasteiger partial charge >= 0.3 is 6.03 Å². The number of nitrogens with one attached hydrogen (secondary N) is 2. The number of Topliss-reactive ketones (excluding diaryl/α,β-unsaturated/α-hetero) is 1. The van der Waals surface area contributed by atoms with Gasteiger partial charge in [-0.05, 0) is 31.2 Å². The topological polar surface area (TPSA) is 119 Å². The van der Waals surface area contributed by atoms with E-state index in [1.54, 1.807) is 30.3 Å². The number of piperidine rings is 1. The zero-order valence-electron chi connectivity index (χ0n) is 19.3. The summed E-state index contributed by atoms with van der Waals surface area (Å²) in [6.45, 7) is 0.325. The Bertz CT molecular complexity index is 1060. The largest absolute Gasteiger partial charge is 0.328 e. The monoisotopic (exact) mass is 486 g/mol. The second kappa shape index (κ2) is 9.36. The molecule has 8 nitrogen and oxygen atoms in total. The Morgan fingerprint density at radius 3 is 2.34 bits per heavy atom. The first-order valence-electron chi connectivity index (χ1n) is 11.8. The van der Waals surface area contributed by atoms with Crippen LogP contribution in [0.1, 0.15) is 50.5 Å². The van der Waals surface area contributed by atoms with Crippen LogP contribution in [-0.4, -0.2) is 53.6 Å². The minimum Gasteiger partial charge on any atom is -0.328 e.